The predicted octanol–water partition coefficient (Wildman–Crippen LogP) is 4.96. The predicted molar refractivity (Wildman–Crippen MR) is 129 cm³/mol. The van der Waals surface area contributed by atoms with Gasteiger partial charge in [0, 0.05) is 28.9 Å². The van der Waals surface area contributed by atoms with Gasteiger partial charge in [-0.3, -0.25) is 9.59 Å². The summed E-state index contributed by atoms with van der Waals surface area (Å²) in [6, 6.07) is 16.7. The van der Waals surface area contributed by atoms with Gasteiger partial charge in [-0.05, 0) is 56.7 Å². The molecule has 4 aromatic rings. The van der Waals surface area contributed by atoms with E-state index in [0.29, 0.717) is 17.8 Å². The molecular weight excluding hydrogens is 416 g/mol. The van der Waals surface area contributed by atoms with E-state index in [0.717, 1.165) is 39.3 Å². The van der Waals surface area contributed by atoms with Gasteiger partial charge < -0.3 is 10.1 Å². The van der Waals surface area contributed by atoms with E-state index in [1.54, 1.807) is 36.1 Å². The molecule has 0 radical (unpaired) electrons. The second-order valence-electron chi connectivity index (χ2n) is 7.99. The average molecular weight is 443 g/mol. The first-order valence-electron chi connectivity index (χ1n) is 10.8. The van der Waals surface area contributed by atoms with Crippen molar-refractivity contribution in [2.75, 3.05) is 12.4 Å². The number of fused-ring (bicyclic) bond motifs is 1. The molecule has 4 rings (SSSR count). The van der Waals surface area contributed by atoms with Crippen molar-refractivity contribution in [2.24, 2.45) is 0 Å². The summed E-state index contributed by atoms with van der Waals surface area (Å²) in [5.74, 6) is 0.518. The first-order chi connectivity index (χ1) is 15.9. The van der Waals surface area contributed by atoms with Gasteiger partial charge in [-0.1, -0.05) is 24.3 Å². The lowest BCUT2D eigenvalue weighted by molar-refractivity contribution is -0.116. The van der Waals surface area contributed by atoms with Crippen LogP contribution in [0.4, 0.5) is 5.69 Å². The van der Waals surface area contributed by atoms with E-state index in [1.807, 2.05) is 44.2 Å². The van der Waals surface area contributed by atoms with Crippen molar-refractivity contribution in [3.05, 3.63) is 71.4 Å². The van der Waals surface area contributed by atoms with Crippen LogP contribution in [0.25, 0.3) is 22.3 Å². The Labute approximate surface area is 192 Å². The van der Waals surface area contributed by atoms with E-state index < -0.39 is 0 Å². The first-order valence-corrected chi connectivity index (χ1v) is 10.8. The molecule has 0 aliphatic rings. The van der Waals surface area contributed by atoms with Crippen LogP contribution < -0.4 is 10.1 Å². The molecule has 1 N–H and O–H groups in total. The zero-order chi connectivity index (χ0) is 23.5. The van der Waals surface area contributed by atoms with Gasteiger partial charge >= 0.3 is 0 Å². The summed E-state index contributed by atoms with van der Waals surface area (Å²) >= 11 is 0. The molecule has 7 nitrogen and oxygen atoms in total. The third-order valence-electron chi connectivity index (χ3n) is 5.49. The lowest BCUT2D eigenvalue weighted by Crippen LogP contribution is -2.15. The van der Waals surface area contributed by atoms with Crippen molar-refractivity contribution in [3.8, 4) is 17.0 Å². The van der Waals surface area contributed by atoms with Gasteiger partial charge in [0.25, 0.3) is 0 Å². The van der Waals surface area contributed by atoms with Crippen LogP contribution in [0.15, 0.2) is 54.6 Å². The van der Waals surface area contributed by atoms with Crippen LogP contribution in [0, 0.1) is 13.8 Å². The topological polar surface area (TPSA) is 86.1 Å². The Balaban J connectivity index is 1.64. The van der Waals surface area contributed by atoms with Crippen molar-refractivity contribution < 1.29 is 14.3 Å². The maximum atomic E-state index is 12.6. The van der Waals surface area contributed by atoms with Gasteiger partial charge in [0.2, 0.25) is 5.91 Å². The Kier molecular flexibility index (Phi) is 6.22. The highest BCUT2D eigenvalue weighted by Gasteiger charge is 2.19. The molecule has 7 heteroatoms. The van der Waals surface area contributed by atoms with E-state index in [9.17, 15) is 9.59 Å². The molecule has 0 saturated carbocycles. The molecule has 0 aliphatic carbocycles. The summed E-state index contributed by atoms with van der Waals surface area (Å²) in [6.45, 7) is 5.85. The number of methoxy groups -OCH3 is 1. The minimum atomic E-state index is -0.164. The van der Waals surface area contributed by atoms with Crippen molar-refractivity contribution in [3.63, 3.8) is 0 Å². The number of hydrogen-bond acceptors (Lipinski definition) is 5. The zero-order valence-corrected chi connectivity index (χ0v) is 19.2. The Morgan fingerprint density at radius 3 is 2.61 bits per heavy atom. The standard InChI is InChI=1S/C26H26N4O3/c1-16-14-17(2)27-26-24(16)25(21-10-5-6-11-22(21)33-4)29-30(26)13-12-23(32)28-20-9-7-8-19(15-20)18(3)31/h5-11,14-15H,12-13H2,1-4H3,(H,28,32). The smallest absolute Gasteiger partial charge is 0.226 e. The fraction of sp³-hybridized carbons (Fsp3) is 0.231. The molecule has 2 aromatic heterocycles. The van der Waals surface area contributed by atoms with Crippen LogP contribution in [-0.2, 0) is 11.3 Å². The Morgan fingerprint density at radius 1 is 1.06 bits per heavy atom. The number of rotatable bonds is 7. The Bertz CT molecular complexity index is 1360. The van der Waals surface area contributed by atoms with Crippen molar-refractivity contribution in [1.82, 2.24) is 14.8 Å². The van der Waals surface area contributed by atoms with Gasteiger partial charge in [0.05, 0.1) is 19.0 Å². The third kappa shape index (κ3) is 4.62. The van der Waals surface area contributed by atoms with Crippen LogP contribution in [0.5, 0.6) is 5.75 Å². The SMILES string of the molecule is COc1ccccc1-c1nn(CCC(=O)Nc2cccc(C(C)=O)c2)c2nc(C)cc(C)c12. The first kappa shape index (κ1) is 22.2. The Morgan fingerprint density at radius 2 is 1.85 bits per heavy atom. The number of Topliss-reactive ketones (excluding diaryl/α,β-unsaturated/α-hetero) is 1. The molecule has 0 bridgehead atoms. The summed E-state index contributed by atoms with van der Waals surface area (Å²) in [6.07, 6.45) is 0.209. The minimum Gasteiger partial charge on any atom is -0.496 e. The molecule has 0 saturated heterocycles. The zero-order valence-electron chi connectivity index (χ0n) is 19.2. The second-order valence-corrected chi connectivity index (χ2v) is 7.99. The normalized spacial score (nSPS) is 10.9. The molecule has 0 aliphatic heterocycles. The number of amides is 1. The average Bonchev–Trinajstić information content (AvgIpc) is 3.16. The minimum absolute atomic E-state index is 0.0465. The molecule has 2 aromatic carbocycles. The van der Waals surface area contributed by atoms with Crippen LogP contribution in [0.3, 0.4) is 0 Å². The summed E-state index contributed by atoms with van der Waals surface area (Å²) in [4.78, 5) is 29.0. The number of nitrogens with one attached hydrogen (secondary N) is 1. The van der Waals surface area contributed by atoms with Gasteiger partial charge in [-0.15, -0.1) is 0 Å². The molecule has 168 valence electrons. The fourth-order valence-corrected chi connectivity index (χ4v) is 3.95. The quantitative estimate of drug-likeness (QED) is 0.409. The lowest BCUT2D eigenvalue weighted by Gasteiger charge is -2.07. The van der Waals surface area contributed by atoms with Crippen molar-refractivity contribution >= 4 is 28.4 Å². The van der Waals surface area contributed by atoms with Crippen LogP contribution >= 0.6 is 0 Å². The number of nitrogens with zero attached hydrogens (tertiary/aromatic N) is 3. The largest absolute Gasteiger partial charge is 0.496 e. The number of aromatic nitrogens is 3. The van der Waals surface area contributed by atoms with Crippen molar-refractivity contribution in [2.45, 2.75) is 33.7 Å². The maximum Gasteiger partial charge on any atom is 0.226 e. The number of aryl methyl sites for hydroxylation is 3. The van der Waals surface area contributed by atoms with E-state index in [4.69, 9.17) is 14.8 Å². The van der Waals surface area contributed by atoms with Gasteiger partial charge in [0.15, 0.2) is 11.4 Å². The summed E-state index contributed by atoms with van der Waals surface area (Å²) in [7, 11) is 1.64. The summed E-state index contributed by atoms with van der Waals surface area (Å²) < 4.78 is 7.34. The van der Waals surface area contributed by atoms with Gasteiger partial charge in [0.1, 0.15) is 11.4 Å². The number of carbonyl (C=O) groups excluding carboxylic acids is 2. The molecule has 1 amide bonds. The molecule has 0 atom stereocenters. The highest BCUT2D eigenvalue weighted by Crippen LogP contribution is 2.35. The van der Waals surface area contributed by atoms with Gasteiger partial charge in [-0.25, -0.2) is 9.67 Å². The van der Waals surface area contributed by atoms with Crippen LogP contribution in [-0.4, -0.2) is 33.6 Å². The summed E-state index contributed by atoms with van der Waals surface area (Å²) in [5.41, 5.74) is 5.50. The van der Waals surface area contributed by atoms with E-state index >= 15 is 0 Å². The number of ether oxygens (including phenoxy) is 1. The lowest BCUT2D eigenvalue weighted by atomic mass is 10.0. The fourth-order valence-electron chi connectivity index (χ4n) is 3.95. The number of carbonyl (C=O) groups is 2. The number of ketones is 1. The number of hydrogen-bond donors (Lipinski definition) is 1. The molecule has 0 unspecified atom stereocenters. The molecule has 0 spiro atoms. The highest BCUT2D eigenvalue weighted by atomic mass is 16.5. The molecular formula is C26H26N4O3. The van der Waals surface area contributed by atoms with Gasteiger partial charge in [-0.2, -0.15) is 5.10 Å². The highest BCUT2D eigenvalue weighted by molar-refractivity contribution is 5.97. The van der Waals surface area contributed by atoms with Crippen LogP contribution in [0.1, 0.15) is 35.0 Å². The van der Waals surface area contributed by atoms with E-state index in [2.05, 4.69) is 5.32 Å². The Hall–Kier alpha value is -4.00. The summed E-state index contributed by atoms with van der Waals surface area (Å²) in [5, 5.41) is 8.64. The number of para-hydroxylation sites is 1. The van der Waals surface area contributed by atoms with E-state index in [-0.39, 0.29) is 18.1 Å². The molecule has 33 heavy (non-hydrogen) atoms. The molecule has 0 fully saturated rings. The third-order valence-corrected chi connectivity index (χ3v) is 5.49. The van der Waals surface area contributed by atoms with Crippen molar-refractivity contribution in [1.29, 1.82) is 0 Å². The number of anilines is 1. The second kappa shape index (κ2) is 9.24. The number of pyridine rings is 1. The monoisotopic (exact) mass is 442 g/mol. The van der Waals surface area contributed by atoms with E-state index in [1.165, 1.54) is 6.92 Å². The molecule has 2 heterocycles. The maximum absolute atomic E-state index is 12.6. The number of benzene rings is 2. The van der Waals surface area contributed by atoms with Crippen LogP contribution in [0.2, 0.25) is 0 Å².